The molecule has 3 heterocycles. The fourth-order valence-electron chi connectivity index (χ4n) is 3.22. The lowest BCUT2D eigenvalue weighted by Gasteiger charge is -2.07. The fraction of sp³-hybridized carbons (Fsp3) is 0.160. The standard InChI is InChI=1S/C25H22FN5OS/c1-17-2-5-23(25(32)29-12-18-6-9-33-16-18)19(10-17)3-4-20-11-21(13-28-24(20)27)22-14-30-31(15-22)8-7-26/h2,5-6,9-11,13-16H,7-8,12H2,1H3,(H2,27,28)(H,29,32). The molecule has 3 N–H and O–H groups in total. The van der Waals surface area contributed by atoms with Gasteiger partial charge in [-0.25, -0.2) is 9.37 Å². The zero-order chi connectivity index (χ0) is 23.2. The number of halogens is 1. The van der Waals surface area contributed by atoms with Crippen molar-refractivity contribution in [1.29, 1.82) is 0 Å². The summed E-state index contributed by atoms with van der Waals surface area (Å²) in [5.74, 6) is 6.25. The van der Waals surface area contributed by atoms with E-state index >= 15 is 0 Å². The van der Waals surface area contributed by atoms with E-state index in [1.54, 1.807) is 36.0 Å². The average Bonchev–Trinajstić information content (AvgIpc) is 3.50. The number of alkyl halides is 1. The number of thiophene rings is 1. The summed E-state index contributed by atoms with van der Waals surface area (Å²) in [6, 6.07) is 9.33. The second-order valence-corrected chi connectivity index (χ2v) is 8.23. The van der Waals surface area contributed by atoms with E-state index in [9.17, 15) is 9.18 Å². The van der Waals surface area contributed by atoms with Crippen LogP contribution in [0.15, 0.2) is 59.7 Å². The molecule has 4 rings (SSSR count). The van der Waals surface area contributed by atoms with Gasteiger partial charge in [0.15, 0.2) is 0 Å². The summed E-state index contributed by atoms with van der Waals surface area (Å²) < 4.78 is 14.1. The summed E-state index contributed by atoms with van der Waals surface area (Å²) in [5, 5.41) is 11.1. The van der Waals surface area contributed by atoms with E-state index in [1.165, 1.54) is 4.68 Å². The lowest BCUT2D eigenvalue weighted by Crippen LogP contribution is -2.23. The number of anilines is 1. The summed E-state index contributed by atoms with van der Waals surface area (Å²) >= 11 is 1.59. The number of carbonyl (C=O) groups is 1. The number of nitrogen functional groups attached to an aromatic ring is 1. The molecule has 0 bridgehead atoms. The van der Waals surface area contributed by atoms with Gasteiger partial charge in [-0.2, -0.15) is 16.4 Å². The molecule has 166 valence electrons. The molecule has 1 amide bonds. The number of hydrogen-bond acceptors (Lipinski definition) is 5. The minimum atomic E-state index is -0.489. The molecule has 3 aromatic heterocycles. The van der Waals surface area contributed by atoms with E-state index in [0.29, 0.717) is 29.1 Å². The molecular formula is C25H22FN5OS. The number of benzene rings is 1. The predicted molar refractivity (Wildman–Crippen MR) is 128 cm³/mol. The first kappa shape index (κ1) is 22.2. The molecule has 4 aromatic rings. The van der Waals surface area contributed by atoms with Crippen molar-refractivity contribution in [1.82, 2.24) is 20.1 Å². The molecule has 33 heavy (non-hydrogen) atoms. The lowest BCUT2D eigenvalue weighted by atomic mass is 10.0. The molecule has 0 aliphatic carbocycles. The lowest BCUT2D eigenvalue weighted by molar-refractivity contribution is 0.0950. The molecular weight excluding hydrogens is 437 g/mol. The van der Waals surface area contributed by atoms with Gasteiger partial charge in [-0.15, -0.1) is 0 Å². The first-order valence-corrected chi connectivity index (χ1v) is 11.2. The highest BCUT2D eigenvalue weighted by Crippen LogP contribution is 2.21. The number of hydrogen-bond donors (Lipinski definition) is 2. The third-order valence-electron chi connectivity index (χ3n) is 4.98. The first-order valence-electron chi connectivity index (χ1n) is 10.3. The van der Waals surface area contributed by atoms with Crippen molar-refractivity contribution in [2.24, 2.45) is 0 Å². The van der Waals surface area contributed by atoms with E-state index in [4.69, 9.17) is 5.73 Å². The molecule has 0 atom stereocenters. The van der Waals surface area contributed by atoms with Crippen molar-refractivity contribution in [2.75, 3.05) is 12.4 Å². The van der Waals surface area contributed by atoms with Gasteiger partial charge in [-0.3, -0.25) is 9.48 Å². The topological polar surface area (TPSA) is 85.8 Å². The van der Waals surface area contributed by atoms with Crippen molar-refractivity contribution >= 4 is 23.1 Å². The van der Waals surface area contributed by atoms with Gasteiger partial charge >= 0.3 is 0 Å². The monoisotopic (exact) mass is 459 g/mol. The Kier molecular flexibility index (Phi) is 6.81. The van der Waals surface area contributed by atoms with Crippen LogP contribution in [0.25, 0.3) is 11.1 Å². The molecule has 8 heteroatoms. The summed E-state index contributed by atoms with van der Waals surface area (Å²) in [7, 11) is 0. The number of nitrogens with one attached hydrogen (secondary N) is 1. The van der Waals surface area contributed by atoms with Crippen molar-refractivity contribution in [2.45, 2.75) is 20.0 Å². The number of rotatable bonds is 6. The molecule has 0 aliphatic heterocycles. The Bertz CT molecular complexity index is 1330. The van der Waals surface area contributed by atoms with Crippen LogP contribution < -0.4 is 11.1 Å². The highest BCUT2D eigenvalue weighted by Gasteiger charge is 2.11. The average molecular weight is 460 g/mol. The number of amides is 1. The van der Waals surface area contributed by atoms with E-state index in [0.717, 1.165) is 22.3 Å². The van der Waals surface area contributed by atoms with Gasteiger partial charge in [-0.1, -0.05) is 17.9 Å². The van der Waals surface area contributed by atoms with Gasteiger partial charge in [0.2, 0.25) is 0 Å². The maximum atomic E-state index is 12.8. The molecule has 0 spiro atoms. The van der Waals surface area contributed by atoms with Crippen LogP contribution in [0.4, 0.5) is 10.2 Å². The smallest absolute Gasteiger partial charge is 0.252 e. The van der Waals surface area contributed by atoms with Crippen molar-refractivity contribution in [3.8, 4) is 23.0 Å². The van der Waals surface area contributed by atoms with E-state index < -0.39 is 6.67 Å². The first-order chi connectivity index (χ1) is 16.0. The zero-order valence-corrected chi connectivity index (χ0v) is 18.8. The predicted octanol–water partition coefficient (Wildman–Crippen LogP) is 4.20. The zero-order valence-electron chi connectivity index (χ0n) is 18.0. The number of aromatic nitrogens is 3. The van der Waals surface area contributed by atoms with Crippen LogP contribution in [0, 0.1) is 18.8 Å². The van der Waals surface area contributed by atoms with Crippen molar-refractivity contribution in [3.63, 3.8) is 0 Å². The molecule has 0 unspecified atom stereocenters. The van der Waals surface area contributed by atoms with Gasteiger partial charge in [-0.05, 0) is 53.1 Å². The SMILES string of the molecule is Cc1ccc(C(=O)NCc2ccsc2)c(C#Cc2cc(-c3cnn(CCF)c3)cnc2N)c1. The van der Waals surface area contributed by atoms with Crippen molar-refractivity contribution in [3.05, 3.63) is 87.5 Å². The van der Waals surface area contributed by atoms with Gasteiger partial charge in [0.05, 0.1) is 23.9 Å². The van der Waals surface area contributed by atoms with Crippen LogP contribution in [0.3, 0.4) is 0 Å². The number of carbonyl (C=O) groups excluding carboxylic acids is 1. The highest BCUT2D eigenvalue weighted by atomic mass is 32.1. The normalized spacial score (nSPS) is 10.5. The fourth-order valence-corrected chi connectivity index (χ4v) is 3.89. The third kappa shape index (κ3) is 5.45. The molecule has 0 aliphatic rings. The quantitative estimate of drug-likeness (QED) is 0.423. The third-order valence-corrected chi connectivity index (χ3v) is 5.72. The van der Waals surface area contributed by atoms with Crippen LogP contribution in [0.2, 0.25) is 0 Å². The van der Waals surface area contributed by atoms with E-state index in [-0.39, 0.29) is 12.5 Å². The number of nitrogens with two attached hydrogens (primary N) is 1. The highest BCUT2D eigenvalue weighted by molar-refractivity contribution is 7.07. The van der Waals surface area contributed by atoms with Crippen LogP contribution in [-0.2, 0) is 13.1 Å². The van der Waals surface area contributed by atoms with Crippen LogP contribution in [0.1, 0.15) is 32.6 Å². The number of pyridine rings is 1. The Hall–Kier alpha value is -3.96. The summed E-state index contributed by atoms with van der Waals surface area (Å²) in [4.78, 5) is 17.0. The summed E-state index contributed by atoms with van der Waals surface area (Å²) in [5.41, 5.74) is 11.3. The molecule has 6 nitrogen and oxygen atoms in total. The van der Waals surface area contributed by atoms with Gasteiger partial charge in [0.25, 0.3) is 5.91 Å². The van der Waals surface area contributed by atoms with Crippen molar-refractivity contribution < 1.29 is 9.18 Å². The van der Waals surface area contributed by atoms with Gasteiger partial charge in [0, 0.05) is 35.6 Å². The van der Waals surface area contributed by atoms with Crippen LogP contribution in [0.5, 0.6) is 0 Å². The Morgan fingerprint density at radius 1 is 1.18 bits per heavy atom. The minimum absolute atomic E-state index is 0.189. The maximum Gasteiger partial charge on any atom is 0.252 e. The Morgan fingerprint density at radius 3 is 2.82 bits per heavy atom. The van der Waals surface area contributed by atoms with Gasteiger partial charge in [0.1, 0.15) is 12.5 Å². The number of aryl methyl sites for hydroxylation is 2. The Morgan fingerprint density at radius 2 is 2.03 bits per heavy atom. The molecule has 0 radical (unpaired) electrons. The molecule has 0 fully saturated rings. The Balaban J connectivity index is 1.61. The van der Waals surface area contributed by atoms with E-state index in [1.807, 2.05) is 41.9 Å². The second-order valence-electron chi connectivity index (χ2n) is 7.45. The molecule has 0 saturated heterocycles. The molecule has 1 aromatic carbocycles. The van der Waals surface area contributed by atoms with E-state index in [2.05, 4.69) is 27.2 Å². The molecule has 0 saturated carbocycles. The summed E-state index contributed by atoms with van der Waals surface area (Å²) in [6.45, 7) is 2.11. The maximum absolute atomic E-state index is 12.8. The Labute approximate surface area is 195 Å². The second kappa shape index (κ2) is 10.1. The summed E-state index contributed by atoms with van der Waals surface area (Å²) in [6.07, 6.45) is 5.03. The van der Waals surface area contributed by atoms with Crippen LogP contribution >= 0.6 is 11.3 Å². The minimum Gasteiger partial charge on any atom is -0.383 e. The largest absolute Gasteiger partial charge is 0.383 e. The van der Waals surface area contributed by atoms with Gasteiger partial charge < -0.3 is 11.1 Å². The number of nitrogens with zero attached hydrogens (tertiary/aromatic N) is 3. The van der Waals surface area contributed by atoms with Crippen LogP contribution in [-0.4, -0.2) is 27.3 Å².